The molecule has 0 amide bonds. The summed E-state index contributed by atoms with van der Waals surface area (Å²) in [6, 6.07) is 5.04. The number of fused-ring (bicyclic) bond motifs is 1. The minimum atomic E-state index is -3.73. The highest BCUT2D eigenvalue weighted by atomic mass is 32.2. The van der Waals surface area contributed by atoms with Gasteiger partial charge in [-0.05, 0) is 43.2 Å². The van der Waals surface area contributed by atoms with E-state index in [1.807, 2.05) is 0 Å². The first-order valence-corrected chi connectivity index (χ1v) is 8.36. The van der Waals surface area contributed by atoms with E-state index < -0.39 is 10.0 Å². The fourth-order valence-corrected chi connectivity index (χ4v) is 4.03. The van der Waals surface area contributed by atoms with Gasteiger partial charge < -0.3 is 9.72 Å². The van der Waals surface area contributed by atoms with Crippen LogP contribution in [0.2, 0.25) is 0 Å². The number of aromatic amines is 1. The van der Waals surface area contributed by atoms with E-state index in [4.69, 9.17) is 4.74 Å². The van der Waals surface area contributed by atoms with Crippen LogP contribution in [0.5, 0.6) is 5.75 Å². The lowest BCUT2D eigenvalue weighted by Crippen LogP contribution is -2.16. The Balaban J connectivity index is 2.01. The lowest BCUT2D eigenvalue weighted by Gasteiger charge is -2.14. The average molecular weight is 332 g/mol. The maximum absolute atomic E-state index is 12.7. The van der Waals surface area contributed by atoms with Crippen LogP contribution in [-0.4, -0.2) is 30.5 Å². The quantitative estimate of drug-likeness (QED) is 0.764. The predicted octanol–water partition coefficient (Wildman–Crippen LogP) is 2.38. The van der Waals surface area contributed by atoms with Crippen LogP contribution < -0.4 is 9.46 Å². The Hall–Kier alpha value is -2.61. The van der Waals surface area contributed by atoms with Crippen LogP contribution in [0.4, 0.5) is 5.69 Å². The van der Waals surface area contributed by atoms with E-state index in [1.165, 1.54) is 12.5 Å². The molecule has 8 heteroatoms. The normalized spacial score (nSPS) is 11.6. The zero-order valence-electron chi connectivity index (χ0n) is 12.9. The number of ether oxygens (including phenoxy) is 1. The van der Waals surface area contributed by atoms with Gasteiger partial charge in [0.05, 0.1) is 35.7 Å². The van der Waals surface area contributed by atoms with Crippen LogP contribution in [0.25, 0.3) is 11.2 Å². The van der Waals surface area contributed by atoms with Crippen molar-refractivity contribution in [1.29, 1.82) is 0 Å². The lowest BCUT2D eigenvalue weighted by molar-refractivity contribution is 0.413. The second kappa shape index (κ2) is 5.54. The van der Waals surface area contributed by atoms with Gasteiger partial charge in [-0.15, -0.1) is 0 Å². The van der Waals surface area contributed by atoms with Gasteiger partial charge >= 0.3 is 0 Å². The zero-order chi connectivity index (χ0) is 16.6. The minimum Gasteiger partial charge on any atom is -0.497 e. The Morgan fingerprint density at radius 3 is 2.48 bits per heavy atom. The summed E-state index contributed by atoms with van der Waals surface area (Å²) in [5.41, 5.74) is 2.80. The molecule has 3 rings (SSSR count). The number of methoxy groups -OCH3 is 1. The molecular weight excluding hydrogens is 316 g/mol. The van der Waals surface area contributed by atoms with Crippen molar-refractivity contribution in [2.75, 3.05) is 11.8 Å². The molecule has 0 aliphatic carbocycles. The topological polar surface area (TPSA) is 97.0 Å². The van der Waals surface area contributed by atoms with Gasteiger partial charge in [0, 0.05) is 0 Å². The number of hydrogen-bond acceptors (Lipinski definition) is 5. The summed E-state index contributed by atoms with van der Waals surface area (Å²) in [6.45, 7) is 3.47. The van der Waals surface area contributed by atoms with Crippen molar-refractivity contribution in [3.8, 4) is 5.75 Å². The predicted molar refractivity (Wildman–Crippen MR) is 87.2 cm³/mol. The summed E-state index contributed by atoms with van der Waals surface area (Å²) >= 11 is 0. The highest BCUT2D eigenvalue weighted by Gasteiger charge is 2.21. The minimum absolute atomic E-state index is 0.239. The number of anilines is 1. The number of nitrogens with zero attached hydrogens (tertiary/aromatic N) is 2. The number of pyridine rings is 1. The molecule has 0 saturated heterocycles. The molecule has 0 unspecified atom stereocenters. The number of imidazole rings is 1. The van der Waals surface area contributed by atoms with Crippen LogP contribution in [0, 0.1) is 13.8 Å². The molecule has 0 fully saturated rings. The number of nitrogens with one attached hydrogen (secondary N) is 2. The third-order valence-corrected chi connectivity index (χ3v) is 5.15. The van der Waals surface area contributed by atoms with Crippen LogP contribution in [0.3, 0.4) is 0 Å². The number of hydrogen-bond donors (Lipinski definition) is 2. The van der Waals surface area contributed by atoms with Crippen LogP contribution >= 0.6 is 0 Å². The van der Waals surface area contributed by atoms with E-state index in [0.717, 1.165) is 0 Å². The van der Waals surface area contributed by atoms with E-state index >= 15 is 0 Å². The Kier molecular flexibility index (Phi) is 3.69. The smallest absolute Gasteiger partial charge is 0.262 e. The van der Waals surface area contributed by atoms with Crippen molar-refractivity contribution < 1.29 is 13.2 Å². The highest BCUT2D eigenvalue weighted by molar-refractivity contribution is 7.92. The second-order valence-electron chi connectivity index (χ2n) is 5.19. The number of H-pyrrole nitrogens is 1. The molecule has 7 nitrogen and oxygen atoms in total. The van der Waals surface area contributed by atoms with E-state index in [1.54, 1.807) is 39.2 Å². The molecular formula is C15H16N4O3S. The van der Waals surface area contributed by atoms with Crippen LogP contribution in [-0.2, 0) is 10.0 Å². The van der Waals surface area contributed by atoms with Crippen molar-refractivity contribution in [3.05, 3.63) is 41.9 Å². The zero-order valence-corrected chi connectivity index (χ0v) is 13.7. The Morgan fingerprint density at radius 1 is 1.13 bits per heavy atom. The molecule has 0 radical (unpaired) electrons. The number of aromatic nitrogens is 3. The summed E-state index contributed by atoms with van der Waals surface area (Å²) in [7, 11) is -2.18. The van der Waals surface area contributed by atoms with Crippen molar-refractivity contribution in [2.24, 2.45) is 0 Å². The van der Waals surface area contributed by atoms with Gasteiger partial charge in [0.25, 0.3) is 10.0 Å². The molecule has 23 heavy (non-hydrogen) atoms. The van der Waals surface area contributed by atoms with Crippen LogP contribution in [0.1, 0.15) is 11.1 Å². The third kappa shape index (κ3) is 2.85. The van der Waals surface area contributed by atoms with Gasteiger partial charge in [0.15, 0.2) is 5.65 Å². The molecule has 0 atom stereocenters. The maximum Gasteiger partial charge on any atom is 0.262 e. The first kappa shape index (κ1) is 15.3. The van der Waals surface area contributed by atoms with Crippen molar-refractivity contribution >= 4 is 26.9 Å². The van der Waals surface area contributed by atoms with Crippen molar-refractivity contribution in [1.82, 2.24) is 15.0 Å². The van der Waals surface area contributed by atoms with Gasteiger partial charge in [-0.3, -0.25) is 4.72 Å². The van der Waals surface area contributed by atoms with Crippen molar-refractivity contribution in [2.45, 2.75) is 18.7 Å². The fraction of sp³-hybridized carbons (Fsp3) is 0.200. The molecule has 0 saturated carbocycles. The van der Waals surface area contributed by atoms with Gasteiger partial charge in [0.1, 0.15) is 5.75 Å². The second-order valence-corrected chi connectivity index (χ2v) is 6.81. The fourth-order valence-electron chi connectivity index (χ4n) is 2.54. The summed E-state index contributed by atoms with van der Waals surface area (Å²) < 4.78 is 33.1. The molecule has 0 spiro atoms. The highest BCUT2D eigenvalue weighted by Crippen LogP contribution is 2.27. The van der Waals surface area contributed by atoms with Gasteiger partial charge in [0.2, 0.25) is 0 Å². The molecule has 0 aliphatic rings. The number of aryl methyl sites for hydroxylation is 2. The summed E-state index contributed by atoms with van der Waals surface area (Å²) in [5.74, 6) is 0.625. The first-order chi connectivity index (χ1) is 10.9. The van der Waals surface area contributed by atoms with Gasteiger partial charge in [-0.2, -0.15) is 0 Å². The molecule has 2 aromatic heterocycles. The summed E-state index contributed by atoms with van der Waals surface area (Å²) in [4.78, 5) is 11.2. The Bertz CT molecular complexity index is 956. The van der Waals surface area contributed by atoms with E-state index in [0.29, 0.717) is 33.7 Å². The van der Waals surface area contributed by atoms with E-state index in [9.17, 15) is 8.42 Å². The molecule has 3 aromatic rings. The van der Waals surface area contributed by atoms with E-state index in [-0.39, 0.29) is 4.90 Å². The first-order valence-electron chi connectivity index (χ1n) is 6.88. The number of benzene rings is 1. The number of sulfonamides is 1. The molecule has 1 aromatic carbocycles. The summed E-state index contributed by atoms with van der Waals surface area (Å²) in [6.07, 6.45) is 2.95. The lowest BCUT2D eigenvalue weighted by atomic mass is 10.1. The third-order valence-electron chi connectivity index (χ3n) is 3.46. The average Bonchev–Trinajstić information content (AvgIpc) is 2.93. The standard InChI is InChI=1S/C15H16N4O3S/c1-9-4-12(22-3)5-10(2)14(9)23(20,21)19-11-6-13-15(16-7-11)18-8-17-13/h4-8,19H,1-3H3,(H,16,17,18). The largest absolute Gasteiger partial charge is 0.497 e. The van der Waals surface area contributed by atoms with Gasteiger partial charge in [-0.1, -0.05) is 0 Å². The monoisotopic (exact) mass is 332 g/mol. The van der Waals surface area contributed by atoms with Gasteiger partial charge in [-0.25, -0.2) is 18.4 Å². The molecule has 120 valence electrons. The molecule has 0 aliphatic heterocycles. The molecule has 2 N–H and O–H groups in total. The Morgan fingerprint density at radius 2 is 1.83 bits per heavy atom. The molecule has 0 bridgehead atoms. The maximum atomic E-state index is 12.7. The summed E-state index contributed by atoms with van der Waals surface area (Å²) in [5, 5.41) is 0. The SMILES string of the molecule is COc1cc(C)c(S(=O)(=O)Nc2cnc3nc[nH]c3c2)c(C)c1. The van der Waals surface area contributed by atoms with E-state index in [2.05, 4.69) is 19.7 Å². The molecule has 2 heterocycles. The van der Waals surface area contributed by atoms with Crippen molar-refractivity contribution in [3.63, 3.8) is 0 Å². The van der Waals surface area contributed by atoms with Crippen LogP contribution in [0.15, 0.2) is 35.6 Å². The Labute approximate surface area is 133 Å². The number of rotatable bonds is 4.